The van der Waals surface area contributed by atoms with Crippen molar-refractivity contribution >= 4 is 17.5 Å². The number of carbonyl (C=O) groups excluding carboxylic acids is 2. The molecule has 1 atom stereocenters. The van der Waals surface area contributed by atoms with Crippen molar-refractivity contribution in [2.75, 3.05) is 0 Å². The van der Waals surface area contributed by atoms with Crippen molar-refractivity contribution in [3.05, 3.63) is 39.9 Å². The van der Waals surface area contributed by atoms with Crippen molar-refractivity contribution in [3.63, 3.8) is 0 Å². The number of non-ortho nitro benzene ring substituents is 1. The largest absolute Gasteiger partial charge is 0.368 e. The molecule has 0 fully saturated rings. The van der Waals surface area contributed by atoms with E-state index in [9.17, 15) is 19.7 Å². The Hall–Kier alpha value is -2.44. The summed E-state index contributed by atoms with van der Waals surface area (Å²) in [6, 6.07) is 4.37. The lowest BCUT2D eigenvalue weighted by atomic mass is 10.2. The maximum Gasteiger partial charge on any atom is 0.270 e. The lowest BCUT2D eigenvalue weighted by Gasteiger charge is -2.09. The quantitative estimate of drug-likeness (QED) is 0.574. The molecule has 0 saturated heterocycles. The molecule has 1 aromatic rings. The van der Waals surface area contributed by atoms with Crippen LogP contribution in [0.5, 0.6) is 0 Å². The van der Waals surface area contributed by atoms with Crippen molar-refractivity contribution in [1.82, 2.24) is 5.32 Å². The number of nitrogens with zero attached hydrogens (tertiary/aromatic N) is 1. The molecule has 3 N–H and O–H groups in total. The highest BCUT2D eigenvalue weighted by molar-refractivity contribution is 5.97. The van der Waals surface area contributed by atoms with Gasteiger partial charge in [0.15, 0.2) is 0 Å². The molecule has 0 saturated carbocycles. The Morgan fingerprint density at radius 1 is 1.47 bits per heavy atom. The van der Waals surface area contributed by atoms with E-state index < -0.39 is 22.8 Å². The van der Waals surface area contributed by atoms with E-state index in [4.69, 9.17) is 5.73 Å². The third-order valence-corrected chi connectivity index (χ3v) is 2.09. The van der Waals surface area contributed by atoms with Crippen molar-refractivity contribution < 1.29 is 14.5 Å². The summed E-state index contributed by atoms with van der Waals surface area (Å²) in [5.41, 5.74) is 4.89. The summed E-state index contributed by atoms with van der Waals surface area (Å²) in [5.74, 6) is -1.26. The number of hydrogen-bond acceptors (Lipinski definition) is 4. The number of benzene rings is 1. The number of hydrogen-bond donors (Lipinski definition) is 2. The van der Waals surface area contributed by atoms with Gasteiger partial charge in [-0.05, 0) is 13.0 Å². The molecule has 0 heterocycles. The van der Waals surface area contributed by atoms with Gasteiger partial charge in [0.25, 0.3) is 11.6 Å². The molecule has 17 heavy (non-hydrogen) atoms. The summed E-state index contributed by atoms with van der Waals surface area (Å²) in [7, 11) is 0. The van der Waals surface area contributed by atoms with E-state index in [0.717, 1.165) is 6.07 Å². The molecular formula is C10H11N3O4. The van der Waals surface area contributed by atoms with E-state index in [0.29, 0.717) is 0 Å². The summed E-state index contributed by atoms with van der Waals surface area (Å²) in [5, 5.41) is 12.8. The van der Waals surface area contributed by atoms with Gasteiger partial charge in [0, 0.05) is 17.7 Å². The first-order valence-corrected chi connectivity index (χ1v) is 4.76. The molecule has 0 spiro atoms. The maximum atomic E-state index is 11.6. The highest BCUT2D eigenvalue weighted by atomic mass is 16.6. The van der Waals surface area contributed by atoms with Crippen molar-refractivity contribution in [2.24, 2.45) is 5.73 Å². The first-order valence-electron chi connectivity index (χ1n) is 4.76. The highest BCUT2D eigenvalue weighted by Crippen LogP contribution is 2.12. The molecule has 1 aromatic carbocycles. The molecule has 90 valence electrons. The van der Waals surface area contributed by atoms with Crippen molar-refractivity contribution in [3.8, 4) is 0 Å². The Balaban J connectivity index is 2.86. The zero-order valence-corrected chi connectivity index (χ0v) is 9.04. The summed E-state index contributed by atoms with van der Waals surface area (Å²) < 4.78 is 0. The molecule has 0 aliphatic heterocycles. The Kier molecular flexibility index (Phi) is 3.76. The second-order valence-electron chi connectivity index (χ2n) is 3.40. The van der Waals surface area contributed by atoms with Gasteiger partial charge in [-0.1, -0.05) is 6.07 Å². The van der Waals surface area contributed by atoms with Crippen molar-refractivity contribution in [2.45, 2.75) is 13.0 Å². The van der Waals surface area contributed by atoms with Crippen LogP contribution in [-0.4, -0.2) is 22.8 Å². The smallest absolute Gasteiger partial charge is 0.270 e. The number of carbonyl (C=O) groups is 2. The van der Waals surface area contributed by atoms with Crippen LogP contribution in [0.15, 0.2) is 24.3 Å². The number of nitrogens with one attached hydrogen (secondary N) is 1. The van der Waals surface area contributed by atoms with Crippen LogP contribution in [0.1, 0.15) is 17.3 Å². The predicted octanol–water partition coefficient (Wildman–Crippen LogP) is 0.198. The van der Waals surface area contributed by atoms with E-state index in [1.165, 1.54) is 25.1 Å². The Morgan fingerprint density at radius 2 is 2.12 bits per heavy atom. The number of nitro benzene ring substituents is 1. The van der Waals surface area contributed by atoms with Gasteiger partial charge in [-0.3, -0.25) is 19.7 Å². The Bertz CT molecular complexity index is 472. The van der Waals surface area contributed by atoms with Crippen LogP contribution in [0.25, 0.3) is 0 Å². The second-order valence-corrected chi connectivity index (χ2v) is 3.40. The van der Waals surface area contributed by atoms with Gasteiger partial charge in [-0.2, -0.15) is 0 Å². The fourth-order valence-corrected chi connectivity index (χ4v) is 1.11. The molecule has 0 unspecified atom stereocenters. The van der Waals surface area contributed by atoms with Crippen LogP contribution in [0.3, 0.4) is 0 Å². The monoisotopic (exact) mass is 237 g/mol. The first-order chi connectivity index (χ1) is 7.91. The van der Waals surface area contributed by atoms with E-state index in [1.54, 1.807) is 0 Å². The number of rotatable bonds is 4. The van der Waals surface area contributed by atoms with Gasteiger partial charge in [-0.15, -0.1) is 0 Å². The topological polar surface area (TPSA) is 115 Å². The van der Waals surface area contributed by atoms with Crippen molar-refractivity contribution in [1.29, 1.82) is 0 Å². The van der Waals surface area contributed by atoms with Gasteiger partial charge in [-0.25, -0.2) is 0 Å². The third kappa shape index (κ3) is 3.26. The standard InChI is InChI=1S/C10H11N3O4/c1-6(9(11)14)12-10(15)7-3-2-4-8(5-7)13(16)17/h2-6H,1H3,(H2,11,14)(H,12,15)/t6-/m1/s1. The fourth-order valence-electron chi connectivity index (χ4n) is 1.11. The average Bonchev–Trinajstić information content (AvgIpc) is 2.28. The zero-order chi connectivity index (χ0) is 13.0. The van der Waals surface area contributed by atoms with Gasteiger partial charge >= 0.3 is 0 Å². The van der Waals surface area contributed by atoms with Crippen LogP contribution in [0, 0.1) is 10.1 Å². The third-order valence-electron chi connectivity index (χ3n) is 2.09. The minimum atomic E-state index is -0.832. The summed E-state index contributed by atoms with van der Waals surface area (Å²) >= 11 is 0. The van der Waals surface area contributed by atoms with Crippen LogP contribution in [-0.2, 0) is 4.79 Å². The molecule has 0 aliphatic rings. The highest BCUT2D eigenvalue weighted by Gasteiger charge is 2.15. The molecule has 0 radical (unpaired) electrons. The summed E-state index contributed by atoms with van der Waals surface area (Å²) in [6.45, 7) is 1.43. The predicted molar refractivity (Wildman–Crippen MR) is 59.2 cm³/mol. The van der Waals surface area contributed by atoms with Crippen LogP contribution in [0.2, 0.25) is 0 Å². The first kappa shape index (κ1) is 12.6. The number of primary amides is 1. The normalized spacial score (nSPS) is 11.6. The minimum Gasteiger partial charge on any atom is -0.368 e. The number of amides is 2. The van der Waals surface area contributed by atoms with E-state index in [2.05, 4.69) is 5.32 Å². The van der Waals surface area contributed by atoms with Gasteiger partial charge in [0.05, 0.1) is 4.92 Å². The van der Waals surface area contributed by atoms with E-state index in [-0.39, 0.29) is 11.3 Å². The van der Waals surface area contributed by atoms with Gasteiger partial charge < -0.3 is 11.1 Å². The van der Waals surface area contributed by atoms with Crippen LogP contribution in [0.4, 0.5) is 5.69 Å². The maximum absolute atomic E-state index is 11.6. The molecule has 0 aromatic heterocycles. The Labute approximate surface area is 96.8 Å². The molecular weight excluding hydrogens is 226 g/mol. The van der Waals surface area contributed by atoms with Gasteiger partial charge in [0.1, 0.15) is 6.04 Å². The Morgan fingerprint density at radius 3 is 2.65 bits per heavy atom. The molecule has 7 nitrogen and oxygen atoms in total. The van der Waals surface area contributed by atoms with Crippen LogP contribution >= 0.6 is 0 Å². The van der Waals surface area contributed by atoms with Crippen LogP contribution < -0.4 is 11.1 Å². The lowest BCUT2D eigenvalue weighted by molar-refractivity contribution is -0.384. The molecule has 1 rings (SSSR count). The van der Waals surface area contributed by atoms with Gasteiger partial charge in [0.2, 0.25) is 5.91 Å². The molecule has 2 amide bonds. The summed E-state index contributed by atoms with van der Waals surface area (Å²) in [6.07, 6.45) is 0. The minimum absolute atomic E-state index is 0.104. The molecule has 0 bridgehead atoms. The SMILES string of the molecule is C[C@@H](NC(=O)c1cccc([N+](=O)[O-])c1)C(N)=O. The molecule has 7 heteroatoms. The lowest BCUT2D eigenvalue weighted by Crippen LogP contribution is -2.42. The zero-order valence-electron chi connectivity index (χ0n) is 9.04. The molecule has 0 aliphatic carbocycles. The number of nitro groups is 1. The number of nitrogens with two attached hydrogens (primary N) is 1. The summed E-state index contributed by atoms with van der Waals surface area (Å²) in [4.78, 5) is 32.2. The van der Waals surface area contributed by atoms with E-state index in [1.807, 2.05) is 0 Å². The fraction of sp³-hybridized carbons (Fsp3) is 0.200. The second kappa shape index (κ2) is 5.06. The van der Waals surface area contributed by atoms with E-state index >= 15 is 0 Å². The average molecular weight is 237 g/mol.